The standard InChI is InChI=1S/C21H28N4O3/c1-21(2,3)28-20(27)23-18(13-16-5-7-17(15-22)8-6-16)14-19(26)25-11-9-24(4)10-12-25/h5-8H,9-14H2,1-4H3/b23-18-. The lowest BCUT2D eigenvalue weighted by atomic mass is 10.0. The van der Waals surface area contributed by atoms with Crippen molar-refractivity contribution in [3.63, 3.8) is 0 Å². The molecular weight excluding hydrogens is 356 g/mol. The number of nitriles is 1. The highest BCUT2D eigenvalue weighted by atomic mass is 16.6. The van der Waals surface area contributed by atoms with Crippen molar-refractivity contribution < 1.29 is 14.3 Å². The molecule has 0 aromatic heterocycles. The molecule has 1 fully saturated rings. The molecule has 0 saturated carbocycles. The van der Waals surface area contributed by atoms with Crippen LogP contribution in [0.25, 0.3) is 0 Å². The fourth-order valence-corrected chi connectivity index (χ4v) is 2.83. The molecule has 28 heavy (non-hydrogen) atoms. The van der Waals surface area contributed by atoms with Crippen LogP contribution in [0.15, 0.2) is 29.3 Å². The van der Waals surface area contributed by atoms with Crippen molar-refractivity contribution in [2.75, 3.05) is 33.2 Å². The number of amides is 2. The van der Waals surface area contributed by atoms with E-state index in [0.29, 0.717) is 30.8 Å². The van der Waals surface area contributed by atoms with Gasteiger partial charge in [0.1, 0.15) is 5.60 Å². The third-order valence-corrected chi connectivity index (χ3v) is 4.35. The molecule has 2 amide bonds. The molecule has 0 spiro atoms. The second-order valence-electron chi connectivity index (χ2n) is 8.00. The number of nitrogens with zero attached hydrogens (tertiary/aromatic N) is 4. The zero-order valence-electron chi connectivity index (χ0n) is 17.1. The second kappa shape index (κ2) is 9.47. The number of ether oxygens (including phenoxy) is 1. The lowest BCUT2D eigenvalue weighted by Crippen LogP contribution is -2.47. The lowest BCUT2D eigenvalue weighted by Gasteiger charge is -2.32. The van der Waals surface area contributed by atoms with E-state index >= 15 is 0 Å². The van der Waals surface area contributed by atoms with Crippen molar-refractivity contribution in [2.45, 2.75) is 39.2 Å². The van der Waals surface area contributed by atoms with Gasteiger partial charge in [-0.3, -0.25) is 4.79 Å². The summed E-state index contributed by atoms with van der Waals surface area (Å²) in [7, 11) is 2.03. The number of hydrogen-bond donors (Lipinski definition) is 0. The molecule has 1 heterocycles. The van der Waals surface area contributed by atoms with Gasteiger partial charge in [-0.1, -0.05) is 12.1 Å². The Kier molecular flexibility index (Phi) is 7.30. The number of carbonyl (C=O) groups is 2. The molecule has 1 aliphatic rings. The highest BCUT2D eigenvalue weighted by Gasteiger charge is 2.22. The van der Waals surface area contributed by atoms with Crippen LogP contribution < -0.4 is 0 Å². The third kappa shape index (κ3) is 7.12. The zero-order valence-corrected chi connectivity index (χ0v) is 17.1. The van der Waals surface area contributed by atoms with Gasteiger partial charge in [0, 0.05) is 38.3 Å². The monoisotopic (exact) mass is 384 g/mol. The van der Waals surface area contributed by atoms with Crippen LogP contribution in [0.1, 0.15) is 38.3 Å². The Labute approximate surface area is 166 Å². The number of carbonyl (C=O) groups excluding carboxylic acids is 2. The molecule has 0 atom stereocenters. The molecule has 1 saturated heterocycles. The first-order valence-corrected chi connectivity index (χ1v) is 9.41. The molecule has 1 aromatic carbocycles. The molecular formula is C21H28N4O3. The number of piperazine rings is 1. The molecule has 0 aliphatic carbocycles. The van der Waals surface area contributed by atoms with Gasteiger partial charge in [0.2, 0.25) is 5.91 Å². The van der Waals surface area contributed by atoms with Crippen molar-refractivity contribution in [1.29, 1.82) is 5.26 Å². The van der Waals surface area contributed by atoms with Gasteiger partial charge in [0.15, 0.2) is 0 Å². The van der Waals surface area contributed by atoms with Crippen LogP contribution in [-0.4, -0.2) is 66.3 Å². The minimum absolute atomic E-state index is 0.0379. The molecule has 0 N–H and O–H groups in total. The molecule has 0 unspecified atom stereocenters. The van der Waals surface area contributed by atoms with E-state index in [0.717, 1.165) is 18.7 Å². The molecule has 2 rings (SSSR count). The van der Waals surface area contributed by atoms with Gasteiger partial charge in [-0.15, -0.1) is 0 Å². The number of benzene rings is 1. The van der Waals surface area contributed by atoms with E-state index in [-0.39, 0.29) is 12.3 Å². The van der Waals surface area contributed by atoms with Crippen molar-refractivity contribution in [3.05, 3.63) is 35.4 Å². The van der Waals surface area contributed by atoms with Crippen molar-refractivity contribution >= 4 is 17.7 Å². The molecule has 0 radical (unpaired) electrons. The Hall–Kier alpha value is -2.72. The number of hydrogen-bond acceptors (Lipinski definition) is 5. The van der Waals surface area contributed by atoms with Gasteiger partial charge in [0.25, 0.3) is 0 Å². The van der Waals surface area contributed by atoms with E-state index in [2.05, 4.69) is 16.0 Å². The number of rotatable bonds is 4. The number of aliphatic imine (C=N–C) groups is 1. The van der Waals surface area contributed by atoms with Crippen molar-refractivity contribution in [1.82, 2.24) is 9.80 Å². The Morgan fingerprint density at radius 2 is 1.75 bits per heavy atom. The minimum Gasteiger partial charge on any atom is -0.442 e. The van der Waals surface area contributed by atoms with Crippen LogP contribution in [0.4, 0.5) is 4.79 Å². The van der Waals surface area contributed by atoms with E-state index in [1.165, 1.54) is 0 Å². The van der Waals surface area contributed by atoms with Crippen molar-refractivity contribution in [2.24, 2.45) is 4.99 Å². The number of likely N-dealkylation sites (N-methyl/N-ethyl adjacent to an activating group) is 1. The molecule has 150 valence electrons. The quantitative estimate of drug-likeness (QED) is 0.745. The largest absolute Gasteiger partial charge is 0.442 e. The average molecular weight is 384 g/mol. The topological polar surface area (TPSA) is 86.0 Å². The normalized spacial score (nSPS) is 15.8. The summed E-state index contributed by atoms with van der Waals surface area (Å²) >= 11 is 0. The van der Waals surface area contributed by atoms with Crippen LogP contribution in [-0.2, 0) is 16.0 Å². The van der Waals surface area contributed by atoms with Gasteiger partial charge in [-0.05, 0) is 45.5 Å². The van der Waals surface area contributed by atoms with E-state index in [4.69, 9.17) is 10.00 Å². The third-order valence-electron chi connectivity index (χ3n) is 4.35. The molecule has 7 heteroatoms. The Morgan fingerprint density at radius 3 is 2.29 bits per heavy atom. The summed E-state index contributed by atoms with van der Waals surface area (Å²) in [5.41, 5.74) is 1.25. The summed E-state index contributed by atoms with van der Waals surface area (Å²) in [5, 5.41) is 8.93. The predicted octanol–water partition coefficient (Wildman–Crippen LogP) is 2.64. The smallest absolute Gasteiger partial charge is 0.434 e. The van der Waals surface area contributed by atoms with Crippen LogP contribution >= 0.6 is 0 Å². The summed E-state index contributed by atoms with van der Waals surface area (Å²) in [4.78, 5) is 32.9. The van der Waals surface area contributed by atoms with Gasteiger partial charge in [-0.2, -0.15) is 10.3 Å². The first-order valence-electron chi connectivity index (χ1n) is 9.41. The molecule has 0 bridgehead atoms. The highest BCUT2D eigenvalue weighted by Crippen LogP contribution is 2.12. The Bertz CT molecular complexity index is 764. The summed E-state index contributed by atoms with van der Waals surface area (Å²) in [6.45, 7) is 8.33. The average Bonchev–Trinajstić information content (AvgIpc) is 2.61. The summed E-state index contributed by atoms with van der Waals surface area (Å²) in [5.74, 6) is -0.0379. The van der Waals surface area contributed by atoms with Gasteiger partial charge >= 0.3 is 6.09 Å². The van der Waals surface area contributed by atoms with Gasteiger partial charge in [-0.25, -0.2) is 4.79 Å². The van der Waals surface area contributed by atoms with E-state index in [9.17, 15) is 9.59 Å². The summed E-state index contributed by atoms with van der Waals surface area (Å²) in [6, 6.07) is 9.12. The van der Waals surface area contributed by atoms with Crippen LogP contribution in [0.3, 0.4) is 0 Å². The van der Waals surface area contributed by atoms with E-state index < -0.39 is 11.7 Å². The van der Waals surface area contributed by atoms with Crippen LogP contribution in [0, 0.1) is 11.3 Å². The fraction of sp³-hybridized carbons (Fsp3) is 0.524. The zero-order chi connectivity index (χ0) is 20.7. The Morgan fingerprint density at radius 1 is 1.14 bits per heavy atom. The maximum atomic E-state index is 12.7. The van der Waals surface area contributed by atoms with Crippen LogP contribution in [0.2, 0.25) is 0 Å². The summed E-state index contributed by atoms with van der Waals surface area (Å²) in [6.07, 6.45) is -0.268. The predicted molar refractivity (Wildman–Crippen MR) is 107 cm³/mol. The Balaban J connectivity index is 2.13. The first-order chi connectivity index (χ1) is 13.2. The fourth-order valence-electron chi connectivity index (χ4n) is 2.83. The molecule has 7 nitrogen and oxygen atoms in total. The first kappa shape index (κ1) is 21.6. The maximum absolute atomic E-state index is 12.7. The molecule has 1 aliphatic heterocycles. The van der Waals surface area contributed by atoms with Gasteiger partial charge in [0.05, 0.1) is 18.1 Å². The van der Waals surface area contributed by atoms with Crippen LogP contribution in [0.5, 0.6) is 0 Å². The lowest BCUT2D eigenvalue weighted by molar-refractivity contribution is -0.131. The SMILES string of the molecule is CN1CCN(C(=O)C/C(Cc2ccc(C#N)cc2)=N\C(=O)OC(C)(C)C)CC1. The minimum atomic E-state index is -0.692. The summed E-state index contributed by atoms with van der Waals surface area (Å²) < 4.78 is 5.28. The van der Waals surface area contributed by atoms with E-state index in [1.807, 2.05) is 24.1 Å². The van der Waals surface area contributed by atoms with Crippen molar-refractivity contribution in [3.8, 4) is 6.07 Å². The van der Waals surface area contributed by atoms with Gasteiger partial charge < -0.3 is 14.5 Å². The highest BCUT2D eigenvalue weighted by molar-refractivity contribution is 6.05. The second-order valence-corrected chi connectivity index (χ2v) is 8.00. The van der Waals surface area contributed by atoms with E-state index in [1.54, 1.807) is 32.9 Å². The maximum Gasteiger partial charge on any atom is 0.434 e. The molecule has 1 aromatic rings.